The van der Waals surface area contributed by atoms with E-state index in [1.54, 1.807) is 13.2 Å². The molecule has 0 saturated carbocycles. The third-order valence-corrected chi connectivity index (χ3v) is 4.80. The number of rotatable bonds is 6. The number of ether oxygens (including phenoxy) is 2. The van der Waals surface area contributed by atoms with Gasteiger partial charge in [-0.2, -0.15) is 0 Å². The second kappa shape index (κ2) is 8.53. The highest BCUT2D eigenvalue weighted by molar-refractivity contribution is 5.95. The van der Waals surface area contributed by atoms with Crippen LogP contribution in [0.2, 0.25) is 0 Å². The summed E-state index contributed by atoms with van der Waals surface area (Å²) in [5.74, 6) is 1.27. The van der Waals surface area contributed by atoms with Gasteiger partial charge in [0.15, 0.2) is 0 Å². The molecule has 0 aliphatic heterocycles. The molecule has 30 heavy (non-hydrogen) atoms. The first-order valence-corrected chi connectivity index (χ1v) is 9.49. The normalized spacial score (nSPS) is 11.0. The number of methoxy groups -OCH3 is 1. The molecule has 0 atom stereocenters. The van der Waals surface area contributed by atoms with Gasteiger partial charge in [0.25, 0.3) is 0 Å². The summed E-state index contributed by atoms with van der Waals surface area (Å²) in [6.45, 7) is 0. The Hall–Kier alpha value is -4.05. The molecule has 0 spiro atoms. The molecule has 0 radical (unpaired) electrons. The van der Waals surface area contributed by atoms with Crippen LogP contribution in [0.15, 0.2) is 91.0 Å². The minimum atomic E-state index is -0.977. The molecule has 4 aromatic carbocycles. The number of carboxylic acids is 1. The van der Waals surface area contributed by atoms with Crippen molar-refractivity contribution in [1.29, 1.82) is 0 Å². The van der Waals surface area contributed by atoms with Gasteiger partial charge in [-0.15, -0.1) is 0 Å². The van der Waals surface area contributed by atoms with Crippen LogP contribution in [0.3, 0.4) is 0 Å². The summed E-state index contributed by atoms with van der Waals surface area (Å²) in [5.41, 5.74) is 2.79. The van der Waals surface area contributed by atoms with E-state index < -0.39 is 5.97 Å². The van der Waals surface area contributed by atoms with Crippen molar-refractivity contribution in [3.8, 4) is 28.4 Å². The van der Waals surface area contributed by atoms with Crippen molar-refractivity contribution >= 4 is 22.8 Å². The van der Waals surface area contributed by atoms with Crippen LogP contribution in [-0.4, -0.2) is 18.2 Å². The molecule has 4 nitrogen and oxygen atoms in total. The summed E-state index contributed by atoms with van der Waals surface area (Å²) in [5, 5.41) is 10.9. The van der Waals surface area contributed by atoms with Gasteiger partial charge in [0.1, 0.15) is 17.2 Å². The van der Waals surface area contributed by atoms with E-state index in [2.05, 4.69) is 18.2 Å². The van der Waals surface area contributed by atoms with E-state index >= 15 is 0 Å². The summed E-state index contributed by atoms with van der Waals surface area (Å²) in [6, 6.07) is 27.4. The summed E-state index contributed by atoms with van der Waals surface area (Å²) in [7, 11) is 1.65. The number of carboxylic acid groups (broad SMARTS) is 1. The fourth-order valence-electron chi connectivity index (χ4n) is 3.28. The van der Waals surface area contributed by atoms with Crippen LogP contribution in [0.4, 0.5) is 0 Å². The Morgan fingerprint density at radius 3 is 2.23 bits per heavy atom. The zero-order valence-corrected chi connectivity index (χ0v) is 16.4. The van der Waals surface area contributed by atoms with Crippen molar-refractivity contribution in [3.63, 3.8) is 0 Å². The Balaban J connectivity index is 1.75. The zero-order chi connectivity index (χ0) is 20.9. The molecule has 4 heteroatoms. The molecule has 148 valence electrons. The fraction of sp³-hybridized carbons (Fsp3) is 0.0385. The van der Waals surface area contributed by atoms with Gasteiger partial charge in [-0.1, -0.05) is 54.6 Å². The van der Waals surface area contributed by atoms with Gasteiger partial charge in [-0.3, -0.25) is 0 Å². The molecule has 4 rings (SSSR count). The van der Waals surface area contributed by atoms with Crippen LogP contribution in [0, 0.1) is 0 Å². The minimum absolute atomic E-state index is 0.675. The molecule has 0 unspecified atom stereocenters. The molecule has 4 aromatic rings. The van der Waals surface area contributed by atoms with Crippen LogP contribution >= 0.6 is 0 Å². The topological polar surface area (TPSA) is 55.8 Å². The molecular weight excluding hydrogens is 376 g/mol. The lowest BCUT2D eigenvalue weighted by Gasteiger charge is -2.15. The van der Waals surface area contributed by atoms with Crippen LogP contribution in [0.5, 0.6) is 17.2 Å². The van der Waals surface area contributed by atoms with Crippen LogP contribution in [0.1, 0.15) is 5.56 Å². The molecule has 0 aliphatic rings. The Morgan fingerprint density at radius 2 is 1.53 bits per heavy atom. The third kappa shape index (κ3) is 4.18. The monoisotopic (exact) mass is 396 g/mol. The number of carbonyl (C=O) groups is 1. The highest BCUT2D eigenvalue weighted by Crippen LogP contribution is 2.40. The standard InChI is InChI=1S/C26H20O4/c1-29-21-14-9-20(10-15-21)24-16-11-19-4-2-3-5-23(19)26(24)30-22-12-6-18(7-13-22)8-17-25(27)28/h2-17H,1H3,(H,27,28). The van der Waals surface area contributed by atoms with E-state index in [0.29, 0.717) is 5.75 Å². The van der Waals surface area contributed by atoms with Gasteiger partial charge >= 0.3 is 5.97 Å². The van der Waals surface area contributed by atoms with Gasteiger partial charge in [0.2, 0.25) is 0 Å². The van der Waals surface area contributed by atoms with E-state index in [4.69, 9.17) is 14.6 Å². The van der Waals surface area contributed by atoms with Gasteiger partial charge in [0.05, 0.1) is 7.11 Å². The maximum atomic E-state index is 10.7. The van der Waals surface area contributed by atoms with Crippen LogP contribution < -0.4 is 9.47 Å². The van der Waals surface area contributed by atoms with E-state index in [0.717, 1.165) is 45.0 Å². The number of hydrogen-bond acceptors (Lipinski definition) is 3. The Kier molecular flexibility index (Phi) is 5.48. The summed E-state index contributed by atoms with van der Waals surface area (Å²) in [4.78, 5) is 10.7. The summed E-state index contributed by atoms with van der Waals surface area (Å²) >= 11 is 0. The summed E-state index contributed by atoms with van der Waals surface area (Å²) < 4.78 is 11.6. The van der Waals surface area contributed by atoms with Crippen molar-refractivity contribution in [2.24, 2.45) is 0 Å². The van der Waals surface area contributed by atoms with E-state index in [-0.39, 0.29) is 0 Å². The predicted molar refractivity (Wildman–Crippen MR) is 119 cm³/mol. The Labute approximate surface area is 174 Å². The third-order valence-electron chi connectivity index (χ3n) is 4.80. The maximum Gasteiger partial charge on any atom is 0.328 e. The predicted octanol–water partition coefficient (Wildman–Crippen LogP) is 6.41. The molecule has 1 N–H and O–H groups in total. The SMILES string of the molecule is COc1ccc(-c2ccc3ccccc3c2Oc2ccc(C=CC(=O)O)cc2)cc1. The lowest BCUT2D eigenvalue weighted by molar-refractivity contribution is -0.131. The number of benzene rings is 4. The smallest absolute Gasteiger partial charge is 0.328 e. The first-order valence-electron chi connectivity index (χ1n) is 9.49. The molecule has 0 heterocycles. The average molecular weight is 396 g/mol. The Morgan fingerprint density at radius 1 is 0.833 bits per heavy atom. The van der Waals surface area contributed by atoms with Gasteiger partial charge in [-0.25, -0.2) is 4.79 Å². The van der Waals surface area contributed by atoms with Crippen LogP contribution in [0.25, 0.3) is 28.0 Å². The average Bonchev–Trinajstić information content (AvgIpc) is 2.79. The van der Waals surface area contributed by atoms with Gasteiger partial charge < -0.3 is 14.6 Å². The highest BCUT2D eigenvalue weighted by atomic mass is 16.5. The molecule has 0 fully saturated rings. The number of fused-ring (bicyclic) bond motifs is 1. The summed E-state index contributed by atoms with van der Waals surface area (Å²) in [6.07, 6.45) is 2.66. The molecule has 0 amide bonds. The van der Waals surface area contributed by atoms with Crippen molar-refractivity contribution in [2.45, 2.75) is 0 Å². The van der Waals surface area contributed by atoms with Crippen molar-refractivity contribution in [1.82, 2.24) is 0 Å². The number of aliphatic carboxylic acids is 1. The zero-order valence-electron chi connectivity index (χ0n) is 16.4. The molecule has 0 bridgehead atoms. The van der Waals surface area contributed by atoms with Crippen LogP contribution in [-0.2, 0) is 4.79 Å². The highest BCUT2D eigenvalue weighted by Gasteiger charge is 2.12. The molecule has 0 aromatic heterocycles. The van der Waals surface area contributed by atoms with Crippen molar-refractivity contribution in [2.75, 3.05) is 7.11 Å². The lowest BCUT2D eigenvalue weighted by atomic mass is 9.99. The Bertz CT molecular complexity index is 1210. The largest absolute Gasteiger partial charge is 0.497 e. The quantitative estimate of drug-likeness (QED) is 0.383. The van der Waals surface area contributed by atoms with Gasteiger partial charge in [-0.05, 0) is 52.9 Å². The fourth-order valence-corrected chi connectivity index (χ4v) is 3.28. The maximum absolute atomic E-state index is 10.7. The van der Waals surface area contributed by atoms with Crippen molar-refractivity contribution in [3.05, 3.63) is 96.6 Å². The molecule has 0 aliphatic carbocycles. The minimum Gasteiger partial charge on any atom is -0.497 e. The van der Waals surface area contributed by atoms with E-state index in [1.807, 2.05) is 66.7 Å². The second-order valence-corrected chi connectivity index (χ2v) is 6.73. The second-order valence-electron chi connectivity index (χ2n) is 6.73. The number of hydrogen-bond donors (Lipinski definition) is 1. The molecule has 0 saturated heterocycles. The van der Waals surface area contributed by atoms with E-state index in [1.165, 1.54) is 0 Å². The van der Waals surface area contributed by atoms with E-state index in [9.17, 15) is 4.79 Å². The first-order chi connectivity index (χ1) is 14.6. The van der Waals surface area contributed by atoms with Gasteiger partial charge in [0, 0.05) is 17.0 Å². The lowest BCUT2D eigenvalue weighted by Crippen LogP contribution is -1.91. The molecular formula is C26H20O4. The first kappa shape index (κ1) is 19.3. The van der Waals surface area contributed by atoms with Crippen molar-refractivity contribution < 1.29 is 19.4 Å².